The topological polar surface area (TPSA) is 66.5 Å². The fourth-order valence-corrected chi connectivity index (χ4v) is 4.46. The standard InChI is InChI=1S/C20H30N2O3S/c1-15-10-11-19(14-16(15)2)22(26(4,24)25)17(3)20(23)21-13-12-18-8-6-5-7-9-18/h8,10-11,14,17H,5-7,9,12-13H2,1-4H3,(H,21,23)/t17-/m1/s1. The van der Waals surface area contributed by atoms with E-state index in [-0.39, 0.29) is 5.91 Å². The predicted molar refractivity (Wildman–Crippen MR) is 107 cm³/mol. The quantitative estimate of drug-likeness (QED) is 0.739. The average Bonchev–Trinajstić information content (AvgIpc) is 2.58. The molecule has 2 rings (SSSR count). The summed E-state index contributed by atoms with van der Waals surface area (Å²) in [4.78, 5) is 12.6. The minimum atomic E-state index is -3.58. The molecule has 0 heterocycles. The van der Waals surface area contributed by atoms with E-state index in [1.807, 2.05) is 26.0 Å². The lowest BCUT2D eigenvalue weighted by molar-refractivity contribution is -0.121. The molecule has 5 nitrogen and oxygen atoms in total. The molecular weight excluding hydrogens is 348 g/mol. The summed E-state index contributed by atoms with van der Waals surface area (Å²) < 4.78 is 25.9. The maximum Gasteiger partial charge on any atom is 0.243 e. The first kappa shape index (κ1) is 20.5. The number of sulfonamides is 1. The van der Waals surface area contributed by atoms with Crippen molar-refractivity contribution in [3.8, 4) is 0 Å². The van der Waals surface area contributed by atoms with Crippen molar-refractivity contribution >= 4 is 21.6 Å². The van der Waals surface area contributed by atoms with E-state index in [1.54, 1.807) is 13.0 Å². The van der Waals surface area contributed by atoms with Crippen molar-refractivity contribution in [2.24, 2.45) is 0 Å². The number of carbonyl (C=O) groups is 1. The van der Waals surface area contributed by atoms with E-state index in [4.69, 9.17) is 0 Å². The lowest BCUT2D eigenvalue weighted by Crippen LogP contribution is -2.48. The van der Waals surface area contributed by atoms with Crippen LogP contribution in [-0.2, 0) is 14.8 Å². The van der Waals surface area contributed by atoms with Crippen molar-refractivity contribution in [3.63, 3.8) is 0 Å². The third kappa shape index (κ3) is 5.34. The van der Waals surface area contributed by atoms with Crippen LogP contribution in [0.15, 0.2) is 29.8 Å². The molecule has 0 fully saturated rings. The molecule has 1 amide bonds. The van der Waals surface area contributed by atoms with Gasteiger partial charge in [-0.2, -0.15) is 0 Å². The zero-order valence-electron chi connectivity index (χ0n) is 16.2. The van der Waals surface area contributed by atoms with Crippen LogP contribution in [-0.4, -0.2) is 33.2 Å². The van der Waals surface area contributed by atoms with Crippen LogP contribution in [0.4, 0.5) is 5.69 Å². The molecule has 0 saturated heterocycles. The number of allylic oxidation sites excluding steroid dienone is 1. The van der Waals surface area contributed by atoms with Crippen LogP contribution in [0.25, 0.3) is 0 Å². The highest BCUT2D eigenvalue weighted by atomic mass is 32.2. The first-order valence-corrected chi connectivity index (χ1v) is 11.1. The van der Waals surface area contributed by atoms with Gasteiger partial charge in [-0.1, -0.05) is 17.7 Å². The van der Waals surface area contributed by atoms with Gasteiger partial charge in [-0.3, -0.25) is 9.10 Å². The molecule has 0 bridgehead atoms. The van der Waals surface area contributed by atoms with E-state index in [9.17, 15) is 13.2 Å². The predicted octanol–water partition coefficient (Wildman–Crippen LogP) is 3.46. The Morgan fingerprint density at radius 1 is 1.23 bits per heavy atom. The van der Waals surface area contributed by atoms with Crippen LogP contribution < -0.4 is 9.62 Å². The van der Waals surface area contributed by atoms with Gasteiger partial charge in [0, 0.05) is 6.54 Å². The molecule has 0 saturated carbocycles. The summed E-state index contributed by atoms with van der Waals surface area (Å²) in [7, 11) is -3.58. The van der Waals surface area contributed by atoms with Crippen LogP contribution in [0, 0.1) is 13.8 Å². The fourth-order valence-electron chi connectivity index (χ4n) is 3.30. The Balaban J connectivity index is 2.08. The zero-order valence-corrected chi connectivity index (χ0v) is 17.0. The van der Waals surface area contributed by atoms with Crippen molar-refractivity contribution in [3.05, 3.63) is 41.0 Å². The molecule has 0 unspecified atom stereocenters. The maximum absolute atomic E-state index is 12.6. The Hall–Kier alpha value is -1.82. The molecule has 0 aromatic heterocycles. The minimum Gasteiger partial charge on any atom is -0.354 e. The molecule has 1 aliphatic rings. The van der Waals surface area contributed by atoms with E-state index < -0.39 is 16.1 Å². The van der Waals surface area contributed by atoms with Gasteiger partial charge in [0.1, 0.15) is 6.04 Å². The van der Waals surface area contributed by atoms with Gasteiger partial charge in [0.2, 0.25) is 15.9 Å². The molecule has 1 aromatic rings. The highest BCUT2D eigenvalue weighted by Crippen LogP contribution is 2.24. The number of nitrogens with zero attached hydrogens (tertiary/aromatic N) is 1. The summed E-state index contributed by atoms with van der Waals surface area (Å²) in [6.45, 7) is 6.08. The Labute approximate surface area is 157 Å². The molecule has 1 N–H and O–H groups in total. The SMILES string of the molecule is Cc1ccc(N([C@H](C)C(=O)NCCC2=CCCCC2)S(C)(=O)=O)cc1C. The second-order valence-corrected chi connectivity index (χ2v) is 9.01. The molecule has 1 aliphatic carbocycles. The lowest BCUT2D eigenvalue weighted by atomic mass is 9.97. The molecule has 144 valence electrons. The molecular formula is C20H30N2O3S. The summed E-state index contributed by atoms with van der Waals surface area (Å²) in [5, 5.41) is 2.89. The first-order chi connectivity index (χ1) is 12.2. The van der Waals surface area contributed by atoms with Crippen molar-refractivity contribution < 1.29 is 13.2 Å². The van der Waals surface area contributed by atoms with Crippen LogP contribution in [0.5, 0.6) is 0 Å². The number of rotatable bonds is 7. The van der Waals surface area contributed by atoms with Crippen molar-refractivity contribution in [1.29, 1.82) is 0 Å². The molecule has 0 radical (unpaired) electrons. The van der Waals surface area contributed by atoms with E-state index in [1.165, 1.54) is 22.7 Å². The number of hydrogen-bond acceptors (Lipinski definition) is 3. The highest BCUT2D eigenvalue weighted by molar-refractivity contribution is 7.92. The van der Waals surface area contributed by atoms with Crippen molar-refractivity contribution in [2.75, 3.05) is 17.1 Å². The molecule has 1 atom stereocenters. The number of aryl methyl sites for hydroxylation is 2. The van der Waals surface area contributed by atoms with E-state index in [2.05, 4.69) is 11.4 Å². The highest BCUT2D eigenvalue weighted by Gasteiger charge is 2.29. The number of carbonyl (C=O) groups excluding carboxylic acids is 1. The Morgan fingerprint density at radius 3 is 2.54 bits per heavy atom. The summed E-state index contributed by atoms with van der Waals surface area (Å²) in [6.07, 6.45) is 8.91. The van der Waals surface area contributed by atoms with Gasteiger partial charge >= 0.3 is 0 Å². The zero-order chi connectivity index (χ0) is 19.3. The van der Waals surface area contributed by atoms with Gasteiger partial charge in [-0.25, -0.2) is 8.42 Å². The fraction of sp³-hybridized carbons (Fsp3) is 0.550. The average molecular weight is 379 g/mol. The van der Waals surface area contributed by atoms with Crippen molar-refractivity contribution in [2.45, 2.75) is 58.9 Å². The summed E-state index contributed by atoms with van der Waals surface area (Å²) in [5.74, 6) is -0.273. The van der Waals surface area contributed by atoms with E-state index in [0.717, 1.165) is 36.6 Å². The van der Waals surface area contributed by atoms with Crippen LogP contribution in [0.3, 0.4) is 0 Å². The number of benzene rings is 1. The van der Waals surface area contributed by atoms with Gasteiger partial charge in [-0.15, -0.1) is 0 Å². The largest absolute Gasteiger partial charge is 0.354 e. The molecule has 0 aliphatic heterocycles. The Morgan fingerprint density at radius 2 is 1.96 bits per heavy atom. The maximum atomic E-state index is 12.6. The molecule has 0 spiro atoms. The third-order valence-corrected chi connectivity index (χ3v) is 6.21. The summed E-state index contributed by atoms with van der Waals surface area (Å²) >= 11 is 0. The number of amides is 1. The van der Waals surface area contributed by atoms with Gasteiger partial charge in [-0.05, 0) is 76.1 Å². The Bertz CT molecular complexity index is 784. The van der Waals surface area contributed by atoms with E-state index in [0.29, 0.717) is 12.2 Å². The van der Waals surface area contributed by atoms with Gasteiger partial charge < -0.3 is 5.32 Å². The second-order valence-electron chi connectivity index (χ2n) is 7.15. The molecule has 6 heteroatoms. The second kappa shape index (κ2) is 8.71. The van der Waals surface area contributed by atoms with E-state index >= 15 is 0 Å². The summed E-state index contributed by atoms with van der Waals surface area (Å²) in [6, 6.07) is 4.64. The Kier molecular flexibility index (Phi) is 6.87. The molecule has 1 aromatic carbocycles. The first-order valence-electron chi connectivity index (χ1n) is 9.22. The normalized spacial score (nSPS) is 15.9. The van der Waals surface area contributed by atoms with Gasteiger partial charge in [0.05, 0.1) is 11.9 Å². The van der Waals surface area contributed by atoms with Gasteiger partial charge in [0.25, 0.3) is 0 Å². The number of nitrogens with one attached hydrogen (secondary N) is 1. The van der Waals surface area contributed by atoms with Crippen LogP contribution in [0.2, 0.25) is 0 Å². The van der Waals surface area contributed by atoms with Crippen molar-refractivity contribution in [1.82, 2.24) is 5.32 Å². The monoisotopic (exact) mass is 378 g/mol. The van der Waals surface area contributed by atoms with Crippen LogP contribution >= 0.6 is 0 Å². The lowest BCUT2D eigenvalue weighted by Gasteiger charge is -2.28. The summed E-state index contributed by atoms with van der Waals surface area (Å²) in [5.41, 5.74) is 3.99. The number of anilines is 1. The smallest absolute Gasteiger partial charge is 0.243 e. The van der Waals surface area contributed by atoms with Gasteiger partial charge in [0.15, 0.2) is 0 Å². The number of hydrogen-bond donors (Lipinski definition) is 1. The third-order valence-electron chi connectivity index (χ3n) is 4.96. The van der Waals surface area contributed by atoms with Crippen LogP contribution in [0.1, 0.15) is 50.2 Å². The minimum absolute atomic E-state index is 0.273. The molecule has 26 heavy (non-hydrogen) atoms.